The molecule has 20 heteroatoms. The summed E-state index contributed by atoms with van der Waals surface area (Å²) in [6.07, 6.45) is 0.708. The molecule has 0 atom stereocenters. The highest BCUT2D eigenvalue weighted by molar-refractivity contribution is 6.15. The fourth-order valence-corrected chi connectivity index (χ4v) is 9.14. The van der Waals surface area contributed by atoms with Crippen molar-refractivity contribution in [2.75, 3.05) is 84.3 Å². The smallest absolute Gasteiger partial charge is 0.257 e. The van der Waals surface area contributed by atoms with Crippen molar-refractivity contribution in [3.05, 3.63) is 213 Å². The molecule has 0 aliphatic carbocycles. The number of aryl methyl sites for hydroxylation is 1. The van der Waals surface area contributed by atoms with Crippen molar-refractivity contribution in [2.24, 2.45) is 15.0 Å². The van der Waals surface area contributed by atoms with Gasteiger partial charge in [0.15, 0.2) is 0 Å². The van der Waals surface area contributed by atoms with Crippen LogP contribution in [0, 0.1) is 6.92 Å². The number of nitrogens with one attached hydrogen (secondary N) is 11. The Morgan fingerprint density at radius 2 is 0.802 bits per heavy atom. The van der Waals surface area contributed by atoms with Crippen molar-refractivity contribution < 1.29 is 28.8 Å². The molecule has 1 saturated heterocycles. The number of amides is 6. The lowest BCUT2D eigenvalue weighted by molar-refractivity contribution is -0.105. The van der Waals surface area contributed by atoms with Gasteiger partial charge in [0.1, 0.15) is 17.5 Å². The third kappa shape index (κ3) is 13.7. The summed E-state index contributed by atoms with van der Waals surface area (Å²) in [6.45, 7) is 8.29. The number of benzene rings is 7. The second-order valence-corrected chi connectivity index (χ2v) is 19.1. The highest BCUT2D eigenvalue weighted by atomic mass is 16.2. The van der Waals surface area contributed by atoms with Crippen molar-refractivity contribution >= 4 is 87.6 Å². The van der Waals surface area contributed by atoms with Crippen LogP contribution in [0.5, 0.6) is 0 Å². The van der Waals surface area contributed by atoms with Gasteiger partial charge >= 0.3 is 0 Å². The van der Waals surface area contributed by atoms with Crippen LogP contribution in [0.25, 0.3) is 0 Å². The second kappa shape index (κ2) is 25.4. The monoisotopic (exact) mass is 1080 g/mol. The number of hydrogen-bond donors (Lipinski definition) is 11. The van der Waals surface area contributed by atoms with Gasteiger partial charge in [0.25, 0.3) is 29.5 Å². The van der Waals surface area contributed by atoms with Crippen molar-refractivity contribution in [2.45, 2.75) is 13.1 Å². The highest BCUT2D eigenvalue weighted by Gasteiger charge is 2.21. The molecule has 0 saturated carbocycles. The van der Waals surface area contributed by atoms with Crippen molar-refractivity contribution in [3.63, 3.8) is 0 Å². The molecule has 20 nitrogen and oxygen atoms in total. The number of aliphatic imine (C=N–C) groups is 3. The van der Waals surface area contributed by atoms with Crippen LogP contribution in [0.3, 0.4) is 0 Å². The van der Waals surface area contributed by atoms with E-state index in [1.807, 2.05) is 91.9 Å². The van der Waals surface area contributed by atoms with Crippen LogP contribution in [-0.2, 0) is 4.79 Å². The predicted molar refractivity (Wildman–Crippen MR) is 316 cm³/mol. The molecule has 7 aromatic carbocycles. The number of carbonyl (C=O) groups excluding carboxylic acids is 6. The van der Waals surface area contributed by atoms with Crippen LogP contribution in [0.1, 0.15) is 85.8 Å². The van der Waals surface area contributed by atoms with Crippen LogP contribution < -0.4 is 58.5 Å². The van der Waals surface area contributed by atoms with Gasteiger partial charge in [0, 0.05) is 100 Å². The Morgan fingerprint density at radius 3 is 1.25 bits per heavy atom. The highest BCUT2D eigenvalue weighted by Crippen LogP contribution is 2.25. The summed E-state index contributed by atoms with van der Waals surface area (Å²) in [5, 5.41) is 33.3. The molecule has 408 valence electrons. The molecule has 81 heavy (non-hydrogen) atoms. The largest absolute Gasteiger partial charge is 0.368 e. The Morgan fingerprint density at radius 1 is 0.420 bits per heavy atom. The Kier molecular flexibility index (Phi) is 17.0. The molecule has 11 rings (SSSR count). The first-order valence-corrected chi connectivity index (χ1v) is 26.4. The van der Waals surface area contributed by atoms with E-state index in [0.717, 1.165) is 96.8 Å². The maximum absolute atomic E-state index is 13.8. The standard InChI is InChI=1S/C51H47N11O5.C10H11N3O/c1-30-2-3-36(49(65)58-38-15-8-31(9-16-38)44-52-22-23-53-44)28-42(30)61-47(63)34-4-6-35(7-5-34)48(64)62-43-29-37(50(66)59-39-17-10-32(11-18-39)45-54-24-25-55-45)14-21-41(43)51(67)60-40-19-12-33(13-20-40)46-56-26-27-57-46;14-7-13-9-3-1-8(2-4-9)10-11-5-6-12-10/h2-21,28-29,45,54-55H,22-27H2,1H3,(H,52,53)(H,56,57)(H,58,65)(H,59,66)(H,60,67)(H,61,63)(H,62,64);1-4,7H,5-6H2,(H,11,12)(H,13,14). The number of rotatable bonds is 16. The van der Waals surface area contributed by atoms with Gasteiger partial charge in [-0.05, 0) is 158 Å². The summed E-state index contributed by atoms with van der Waals surface area (Å²) in [5.41, 5.74) is 8.82. The van der Waals surface area contributed by atoms with Crippen molar-refractivity contribution in [1.82, 2.24) is 26.6 Å². The van der Waals surface area contributed by atoms with E-state index in [1.165, 1.54) is 42.5 Å². The maximum Gasteiger partial charge on any atom is 0.257 e. The molecule has 0 radical (unpaired) electrons. The van der Waals surface area contributed by atoms with Gasteiger partial charge in [0.05, 0.1) is 37.1 Å². The van der Waals surface area contributed by atoms with Gasteiger partial charge in [0.2, 0.25) is 6.41 Å². The average molecular weight is 1080 g/mol. The lowest BCUT2D eigenvalue weighted by atomic mass is 10.1. The van der Waals surface area contributed by atoms with Crippen LogP contribution in [-0.4, -0.2) is 106 Å². The van der Waals surface area contributed by atoms with Gasteiger partial charge in [-0.15, -0.1) is 0 Å². The molecule has 0 unspecified atom stereocenters. The van der Waals surface area contributed by atoms with E-state index in [4.69, 9.17) is 0 Å². The minimum atomic E-state index is -0.578. The SMILES string of the molecule is Cc1ccc(C(=O)Nc2ccc(C3=NCCN3)cc2)cc1NC(=O)c1ccc(C(=O)Nc2cc(C(=O)Nc3ccc(C4NCCN4)cc3)ccc2C(=O)Nc2ccc(C3=NCCN3)cc2)cc1.O=CNc1ccc(C2=NCCN2)cc1. The van der Waals surface area contributed by atoms with Gasteiger partial charge < -0.3 is 47.9 Å². The minimum Gasteiger partial charge on any atom is -0.368 e. The Balaban J connectivity index is 0.000000457. The van der Waals surface area contributed by atoms with Crippen LogP contribution in [0.4, 0.5) is 34.1 Å². The molecular formula is C61H58N14O6. The summed E-state index contributed by atoms with van der Waals surface area (Å²) in [6, 6.07) is 45.2. The normalized spacial score (nSPS) is 14.3. The summed E-state index contributed by atoms with van der Waals surface area (Å²) >= 11 is 0. The molecule has 4 heterocycles. The van der Waals surface area contributed by atoms with E-state index in [0.29, 0.717) is 41.3 Å². The second-order valence-electron chi connectivity index (χ2n) is 19.1. The molecular weight excluding hydrogens is 1020 g/mol. The van der Waals surface area contributed by atoms with E-state index >= 15 is 0 Å². The maximum atomic E-state index is 13.8. The third-order valence-electron chi connectivity index (χ3n) is 13.5. The zero-order valence-corrected chi connectivity index (χ0v) is 44.1. The molecule has 4 aliphatic heterocycles. The summed E-state index contributed by atoms with van der Waals surface area (Å²) in [4.78, 5) is 91.3. The molecule has 0 aromatic heterocycles. The Hall–Kier alpha value is -10.3. The summed E-state index contributed by atoms with van der Waals surface area (Å²) in [5.74, 6) is 0.220. The fraction of sp³-hybridized carbons (Fsp3) is 0.164. The van der Waals surface area contributed by atoms with E-state index in [9.17, 15) is 28.8 Å². The topological polar surface area (TPSA) is 272 Å². The van der Waals surface area contributed by atoms with E-state index in [1.54, 1.807) is 30.3 Å². The Labute approximate surface area is 466 Å². The third-order valence-corrected chi connectivity index (χ3v) is 13.5. The van der Waals surface area contributed by atoms with Gasteiger partial charge in [-0.1, -0.05) is 18.2 Å². The predicted octanol–water partition coefficient (Wildman–Crippen LogP) is 6.75. The van der Waals surface area contributed by atoms with Gasteiger partial charge in [-0.3, -0.25) is 54.4 Å². The quantitative estimate of drug-likeness (QED) is 0.0451. The molecule has 11 N–H and O–H groups in total. The summed E-state index contributed by atoms with van der Waals surface area (Å²) < 4.78 is 0. The zero-order chi connectivity index (χ0) is 56.1. The molecule has 1 fully saturated rings. The first-order valence-electron chi connectivity index (χ1n) is 26.4. The Bertz CT molecular complexity index is 3580. The van der Waals surface area contributed by atoms with E-state index in [-0.39, 0.29) is 40.0 Å². The molecule has 0 spiro atoms. The number of anilines is 6. The fourth-order valence-electron chi connectivity index (χ4n) is 9.14. The van der Waals surface area contributed by atoms with Crippen LogP contribution >= 0.6 is 0 Å². The van der Waals surface area contributed by atoms with Crippen molar-refractivity contribution in [1.29, 1.82) is 0 Å². The molecule has 6 amide bonds. The van der Waals surface area contributed by atoms with E-state index in [2.05, 4.69) is 73.5 Å². The summed E-state index contributed by atoms with van der Waals surface area (Å²) in [7, 11) is 0. The first kappa shape index (κ1) is 54.1. The number of carbonyl (C=O) groups is 6. The lowest BCUT2D eigenvalue weighted by Crippen LogP contribution is -2.21. The van der Waals surface area contributed by atoms with Crippen LogP contribution in [0.15, 0.2) is 173 Å². The molecule has 0 bridgehead atoms. The first-order chi connectivity index (χ1) is 39.5. The zero-order valence-electron chi connectivity index (χ0n) is 44.1. The molecule has 4 aliphatic rings. The minimum absolute atomic E-state index is 0.0410. The lowest BCUT2D eigenvalue weighted by Gasteiger charge is -2.15. The number of amidine groups is 3. The van der Waals surface area contributed by atoms with Gasteiger partial charge in [-0.2, -0.15) is 0 Å². The van der Waals surface area contributed by atoms with E-state index < -0.39 is 23.6 Å². The average Bonchev–Trinajstić information content (AvgIpc) is 4.39. The molecule has 7 aromatic rings. The number of nitrogens with zero attached hydrogens (tertiary/aromatic N) is 3. The number of hydrogen-bond acceptors (Lipinski definition) is 14. The van der Waals surface area contributed by atoms with Crippen LogP contribution in [0.2, 0.25) is 0 Å². The van der Waals surface area contributed by atoms with Crippen molar-refractivity contribution in [3.8, 4) is 0 Å². The van der Waals surface area contributed by atoms with Gasteiger partial charge in [-0.25, -0.2) is 0 Å².